The van der Waals surface area contributed by atoms with Crippen LogP contribution in [0.15, 0.2) is 5.38 Å². The molecule has 2 amide bonds. The molecule has 3 rings (SSSR count). The average molecular weight is 266 g/mol. The van der Waals surface area contributed by atoms with Gasteiger partial charge >= 0.3 is 0 Å². The molecule has 0 bridgehead atoms. The standard InChI is InChI=1S/C11H14N4O2S/c12-7-5-18-8(14-7)4-6-9(16)15-11(2-1-3-11)10(17)13-6/h5-6H,1-4,12H2,(H,13,17)(H,15,16). The first-order valence-corrected chi connectivity index (χ1v) is 6.80. The molecule has 1 aliphatic heterocycles. The zero-order valence-electron chi connectivity index (χ0n) is 9.73. The van der Waals surface area contributed by atoms with Gasteiger partial charge in [-0.05, 0) is 19.3 Å². The molecule has 1 aliphatic carbocycles. The van der Waals surface area contributed by atoms with Gasteiger partial charge in [0.1, 0.15) is 17.4 Å². The second-order valence-corrected chi connectivity index (χ2v) is 5.76. The maximum Gasteiger partial charge on any atom is 0.246 e. The van der Waals surface area contributed by atoms with E-state index in [-0.39, 0.29) is 11.8 Å². The summed E-state index contributed by atoms with van der Waals surface area (Å²) in [5, 5.41) is 8.13. The van der Waals surface area contributed by atoms with Crippen LogP contribution < -0.4 is 16.4 Å². The first-order valence-electron chi connectivity index (χ1n) is 5.92. The summed E-state index contributed by atoms with van der Waals surface area (Å²) in [4.78, 5) is 28.1. The zero-order valence-corrected chi connectivity index (χ0v) is 10.5. The molecule has 1 saturated heterocycles. The summed E-state index contributed by atoms with van der Waals surface area (Å²) < 4.78 is 0. The summed E-state index contributed by atoms with van der Waals surface area (Å²) in [6, 6.07) is -0.533. The maximum absolute atomic E-state index is 12.0. The van der Waals surface area contributed by atoms with E-state index in [0.29, 0.717) is 12.2 Å². The van der Waals surface area contributed by atoms with Gasteiger partial charge in [-0.2, -0.15) is 0 Å². The lowest BCUT2D eigenvalue weighted by Crippen LogP contribution is -2.72. The Morgan fingerprint density at radius 2 is 2.28 bits per heavy atom. The summed E-state index contributed by atoms with van der Waals surface area (Å²) in [6.45, 7) is 0. The van der Waals surface area contributed by atoms with Crippen LogP contribution in [0, 0.1) is 0 Å². The smallest absolute Gasteiger partial charge is 0.246 e. The van der Waals surface area contributed by atoms with Gasteiger partial charge < -0.3 is 16.4 Å². The second kappa shape index (κ2) is 3.94. The van der Waals surface area contributed by atoms with Gasteiger partial charge in [0.15, 0.2) is 0 Å². The Morgan fingerprint density at radius 3 is 2.83 bits per heavy atom. The van der Waals surface area contributed by atoms with Crippen LogP contribution in [0.4, 0.5) is 5.82 Å². The van der Waals surface area contributed by atoms with Crippen LogP contribution in [0.5, 0.6) is 0 Å². The van der Waals surface area contributed by atoms with Gasteiger partial charge in [0.05, 0.1) is 5.01 Å². The molecule has 7 heteroatoms. The van der Waals surface area contributed by atoms with Crippen molar-refractivity contribution in [1.82, 2.24) is 15.6 Å². The Morgan fingerprint density at radius 1 is 1.50 bits per heavy atom. The van der Waals surface area contributed by atoms with Crippen molar-refractivity contribution < 1.29 is 9.59 Å². The van der Waals surface area contributed by atoms with E-state index in [1.807, 2.05) is 0 Å². The number of nitrogens with zero attached hydrogens (tertiary/aromatic N) is 1. The molecule has 18 heavy (non-hydrogen) atoms. The van der Waals surface area contributed by atoms with Crippen molar-refractivity contribution in [3.63, 3.8) is 0 Å². The minimum absolute atomic E-state index is 0.0668. The lowest BCUT2D eigenvalue weighted by Gasteiger charge is -2.45. The average Bonchev–Trinajstić information content (AvgIpc) is 2.66. The van der Waals surface area contributed by atoms with Crippen molar-refractivity contribution >= 4 is 29.0 Å². The molecule has 0 aromatic carbocycles. The third kappa shape index (κ3) is 1.74. The van der Waals surface area contributed by atoms with E-state index < -0.39 is 11.6 Å². The zero-order chi connectivity index (χ0) is 12.8. The minimum atomic E-state index is -0.629. The Balaban J connectivity index is 1.71. The Kier molecular flexibility index (Phi) is 2.51. The van der Waals surface area contributed by atoms with Gasteiger partial charge in [-0.1, -0.05) is 0 Å². The van der Waals surface area contributed by atoms with Crippen LogP contribution in [0.3, 0.4) is 0 Å². The highest BCUT2D eigenvalue weighted by Gasteiger charge is 2.50. The van der Waals surface area contributed by atoms with Gasteiger partial charge in [-0.15, -0.1) is 11.3 Å². The molecule has 6 nitrogen and oxygen atoms in total. The van der Waals surface area contributed by atoms with Crippen LogP contribution in [-0.4, -0.2) is 28.4 Å². The van der Waals surface area contributed by atoms with Crippen molar-refractivity contribution in [2.45, 2.75) is 37.3 Å². The third-order valence-corrected chi connectivity index (χ3v) is 4.46. The number of hydrogen-bond donors (Lipinski definition) is 3. The van der Waals surface area contributed by atoms with E-state index >= 15 is 0 Å². The number of piperazine rings is 1. The van der Waals surface area contributed by atoms with Gasteiger partial charge in [0, 0.05) is 11.8 Å². The van der Waals surface area contributed by atoms with Crippen LogP contribution >= 0.6 is 11.3 Å². The quantitative estimate of drug-likeness (QED) is 0.691. The van der Waals surface area contributed by atoms with E-state index in [0.717, 1.165) is 24.3 Å². The maximum atomic E-state index is 12.0. The fraction of sp³-hybridized carbons (Fsp3) is 0.545. The molecule has 1 atom stereocenters. The number of anilines is 1. The van der Waals surface area contributed by atoms with Crippen molar-refractivity contribution in [3.05, 3.63) is 10.4 Å². The first kappa shape index (κ1) is 11.5. The number of carbonyl (C=O) groups is 2. The van der Waals surface area contributed by atoms with E-state index in [9.17, 15) is 9.59 Å². The van der Waals surface area contributed by atoms with E-state index in [4.69, 9.17) is 5.73 Å². The number of rotatable bonds is 2. The Labute approximate surface area is 108 Å². The van der Waals surface area contributed by atoms with Crippen molar-refractivity contribution in [1.29, 1.82) is 0 Å². The van der Waals surface area contributed by atoms with E-state index in [2.05, 4.69) is 15.6 Å². The summed E-state index contributed by atoms with van der Waals surface area (Å²) in [5.74, 6) is 0.263. The molecule has 2 heterocycles. The lowest BCUT2D eigenvalue weighted by atomic mass is 9.74. The number of amides is 2. The highest BCUT2D eigenvalue weighted by atomic mass is 32.1. The van der Waals surface area contributed by atoms with Crippen LogP contribution in [0.25, 0.3) is 0 Å². The molecular weight excluding hydrogens is 252 g/mol. The number of carbonyl (C=O) groups excluding carboxylic acids is 2. The molecule has 1 unspecified atom stereocenters. The SMILES string of the molecule is Nc1csc(CC2NC(=O)C3(CCC3)NC2=O)n1. The van der Waals surface area contributed by atoms with E-state index in [1.54, 1.807) is 5.38 Å². The summed E-state index contributed by atoms with van der Waals surface area (Å²) in [5.41, 5.74) is 4.90. The van der Waals surface area contributed by atoms with Crippen LogP contribution in [-0.2, 0) is 16.0 Å². The van der Waals surface area contributed by atoms with Gasteiger partial charge in [-0.3, -0.25) is 9.59 Å². The summed E-state index contributed by atoms with van der Waals surface area (Å²) in [7, 11) is 0. The van der Waals surface area contributed by atoms with Crippen molar-refractivity contribution in [2.75, 3.05) is 5.73 Å². The highest BCUT2D eigenvalue weighted by molar-refractivity contribution is 7.10. The lowest BCUT2D eigenvalue weighted by molar-refractivity contribution is -0.145. The van der Waals surface area contributed by atoms with Crippen molar-refractivity contribution in [2.24, 2.45) is 0 Å². The van der Waals surface area contributed by atoms with Crippen LogP contribution in [0.1, 0.15) is 24.3 Å². The Bertz CT molecular complexity index is 509. The number of hydrogen-bond acceptors (Lipinski definition) is 5. The number of nitrogen functional groups attached to an aromatic ring is 1. The van der Waals surface area contributed by atoms with Gasteiger partial charge in [0.2, 0.25) is 11.8 Å². The summed E-state index contributed by atoms with van der Waals surface area (Å²) in [6.07, 6.45) is 2.86. The first-order chi connectivity index (χ1) is 8.59. The number of nitrogens with one attached hydrogen (secondary N) is 2. The summed E-state index contributed by atoms with van der Waals surface area (Å²) >= 11 is 1.40. The van der Waals surface area contributed by atoms with Crippen molar-refractivity contribution in [3.8, 4) is 0 Å². The molecule has 1 aromatic rings. The highest BCUT2D eigenvalue weighted by Crippen LogP contribution is 2.34. The molecule has 1 aromatic heterocycles. The normalized spacial score (nSPS) is 25.4. The predicted octanol–water partition coefficient (Wildman–Crippen LogP) is -0.195. The monoisotopic (exact) mass is 266 g/mol. The molecule has 1 saturated carbocycles. The minimum Gasteiger partial charge on any atom is -0.383 e. The number of thiazole rings is 1. The van der Waals surface area contributed by atoms with E-state index in [1.165, 1.54) is 11.3 Å². The van der Waals surface area contributed by atoms with Crippen LogP contribution in [0.2, 0.25) is 0 Å². The van der Waals surface area contributed by atoms with Gasteiger partial charge in [-0.25, -0.2) is 4.98 Å². The largest absolute Gasteiger partial charge is 0.383 e. The topological polar surface area (TPSA) is 97.1 Å². The molecule has 96 valence electrons. The predicted molar refractivity (Wildman–Crippen MR) is 66.9 cm³/mol. The fourth-order valence-corrected chi connectivity index (χ4v) is 3.09. The molecule has 2 aliphatic rings. The molecular formula is C11H14N4O2S. The Hall–Kier alpha value is -1.63. The number of nitrogens with two attached hydrogens (primary N) is 1. The second-order valence-electron chi connectivity index (χ2n) is 4.82. The molecule has 0 radical (unpaired) electrons. The third-order valence-electron chi connectivity index (χ3n) is 3.57. The molecule has 4 N–H and O–H groups in total. The van der Waals surface area contributed by atoms with Gasteiger partial charge in [0.25, 0.3) is 0 Å². The fourth-order valence-electron chi connectivity index (χ4n) is 2.36. The molecule has 2 fully saturated rings. The molecule has 1 spiro atoms. The number of aromatic nitrogens is 1.